The second-order valence-corrected chi connectivity index (χ2v) is 4.71. The first-order valence-electron chi connectivity index (χ1n) is 5.30. The van der Waals surface area contributed by atoms with E-state index in [-0.39, 0.29) is 6.73 Å². The van der Waals surface area contributed by atoms with Crippen molar-refractivity contribution in [3.05, 3.63) is 29.3 Å². The number of rotatable bonds is 2. The smallest absolute Gasteiger partial charge is 0.275 e. The third-order valence-electron chi connectivity index (χ3n) is 2.75. The summed E-state index contributed by atoms with van der Waals surface area (Å²) in [6.07, 6.45) is 6.53. The topological polar surface area (TPSA) is 48.1 Å². The molecule has 82 valence electrons. The van der Waals surface area contributed by atoms with Crippen molar-refractivity contribution in [3.8, 4) is 5.19 Å². The summed E-state index contributed by atoms with van der Waals surface area (Å²) in [5.41, 5.74) is 9.05. The molecule has 3 nitrogen and oxygen atoms in total. The number of nitrogens with zero attached hydrogens (tertiary/aromatic N) is 1. The number of aryl methyl sites for hydroxylation is 1. The number of benzene rings is 1. The van der Waals surface area contributed by atoms with Gasteiger partial charge in [0.1, 0.15) is 6.73 Å². The fourth-order valence-electron chi connectivity index (χ4n) is 2.03. The number of ether oxygens (including phenoxy) is 1. The van der Waals surface area contributed by atoms with Gasteiger partial charge in [0.2, 0.25) is 0 Å². The van der Waals surface area contributed by atoms with Gasteiger partial charge in [-0.05, 0) is 30.0 Å². The Hall–Kier alpha value is -1.39. The molecule has 16 heavy (non-hydrogen) atoms. The Morgan fingerprint density at radius 1 is 1.44 bits per heavy atom. The van der Waals surface area contributed by atoms with Gasteiger partial charge in [-0.1, -0.05) is 29.6 Å². The van der Waals surface area contributed by atoms with Crippen molar-refractivity contribution >= 4 is 27.6 Å². The van der Waals surface area contributed by atoms with Crippen LogP contribution in [0.5, 0.6) is 5.19 Å². The van der Waals surface area contributed by atoms with Gasteiger partial charge in [0.15, 0.2) is 0 Å². The lowest BCUT2D eigenvalue weighted by Crippen LogP contribution is -2.06. The number of thiazole rings is 1. The Balaban J connectivity index is 2.19. The summed E-state index contributed by atoms with van der Waals surface area (Å²) in [6.45, 7) is 0.182. The Kier molecular flexibility index (Phi) is 2.38. The van der Waals surface area contributed by atoms with Crippen LogP contribution < -0.4 is 10.5 Å². The van der Waals surface area contributed by atoms with Gasteiger partial charge >= 0.3 is 0 Å². The quantitative estimate of drug-likeness (QED) is 0.809. The van der Waals surface area contributed by atoms with E-state index in [2.05, 4.69) is 29.3 Å². The van der Waals surface area contributed by atoms with E-state index in [4.69, 9.17) is 10.5 Å². The predicted molar refractivity (Wildman–Crippen MR) is 66.7 cm³/mol. The van der Waals surface area contributed by atoms with Crippen LogP contribution >= 0.6 is 11.3 Å². The Bertz CT molecular complexity index is 559. The van der Waals surface area contributed by atoms with Crippen LogP contribution in [-0.2, 0) is 6.42 Å². The van der Waals surface area contributed by atoms with E-state index in [1.54, 1.807) is 11.3 Å². The van der Waals surface area contributed by atoms with Crippen molar-refractivity contribution < 1.29 is 4.74 Å². The van der Waals surface area contributed by atoms with Crippen molar-refractivity contribution in [2.75, 3.05) is 6.73 Å². The molecule has 1 aromatic heterocycles. The van der Waals surface area contributed by atoms with Gasteiger partial charge < -0.3 is 4.74 Å². The summed E-state index contributed by atoms with van der Waals surface area (Å²) in [4.78, 5) is 4.50. The summed E-state index contributed by atoms with van der Waals surface area (Å²) in [7, 11) is 0. The second-order valence-electron chi connectivity index (χ2n) is 3.71. The summed E-state index contributed by atoms with van der Waals surface area (Å²) in [6, 6.07) is 4.25. The molecular weight excluding hydrogens is 220 g/mol. The highest BCUT2D eigenvalue weighted by Gasteiger charge is 2.13. The first-order chi connectivity index (χ1) is 7.88. The van der Waals surface area contributed by atoms with Crippen LogP contribution in [0.1, 0.15) is 17.5 Å². The molecule has 0 unspecified atom stereocenters. The van der Waals surface area contributed by atoms with Crippen molar-refractivity contribution in [2.24, 2.45) is 5.73 Å². The van der Waals surface area contributed by atoms with Crippen molar-refractivity contribution in [1.29, 1.82) is 0 Å². The Morgan fingerprint density at radius 2 is 2.38 bits per heavy atom. The first kappa shape index (κ1) is 9.81. The molecule has 2 aromatic rings. The summed E-state index contributed by atoms with van der Waals surface area (Å²) in [5.74, 6) is 0. The first-order valence-corrected chi connectivity index (χ1v) is 6.12. The fraction of sp³-hybridized carbons (Fsp3) is 0.250. The molecule has 0 fully saturated rings. The van der Waals surface area contributed by atoms with Crippen LogP contribution in [-0.4, -0.2) is 11.7 Å². The molecule has 1 aromatic carbocycles. The zero-order valence-corrected chi connectivity index (χ0v) is 9.59. The van der Waals surface area contributed by atoms with E-state index >= 15 is 0 Å². The van der Waals surface area contributed by atoms with Crippen molar-refractivity contribution in [2.45, 2.75) is 12.8 Å². The molecule has 0 bridgehead atoms. The SMILES string of the molecule is NCOc1nc2c3c(ccc2s1)C=CCC3. The van der Waals surface area contributed by atoms with Crippen molar-refractivity contribution in [3.63, 3.8) is 0 Å². The number of fused-ring (bicyclic) bond motifs is 3. The third kappa shape index (κ3) is 1.50. The minimum Gasteiger partial charge on any atom is -0.454 e. The molecule has 0 saturated heterocycles. The van der Waals surface area contributed by atoms with Gasteiger partial charge in [0, 0.05) is 0 Å². The maximum Gasteiger partial charge on any atom is 0.275 e. The normalized spacial score (nSPS) is 14.1. The van der Waals surface area contributed by atoms with Gasteiger partial charge in [0.05, 0.1) is 10.2 Å². The Labute approximate surface area is 97.6 Å². The second kappa shape index (κ2) is 3.88. The molecule has 0 atom stereocenters. The van der Waals surface area contributed by atoms with Crippen LogP contribution in [0.3, 0.4) is 0 Å². The Morgan fingerprint density at radius 3 is 3.25 bits per heavy atom. The van der Waals surface area contributed by atoms with Crippen molar-refractivity contribution in [1.82, 2.24) is 4.98 Å². The van der Waals surface area contributed by atoms with E-state index in [1.165, 1.54) is 15.8 Å². The zero-order chi connectivity index (χ0) is 11.0. The molecule has 0 amide bonds. The van der Waals surface area contributed by atoms with Gasteiger partial charge in [0.25, 0.3) is 5.19 Å². The van der Waals surface area contributed by atoms with Gasteiger partial charge in [-0.3, -0.25) is 5.73 Å². The van der Waals surface area contributed by atoms with E-state index in [0.717, 1.165) is 18.4 Å². The summed E-state index contributed by atoms with van der Waals surface area (Å²) >= 11 is 1.56. The fourth-order valence-corrected chi connectivity index (χ4v) is 2.89. The van der Waals surface area contributed by atoms with Crippen LogP contribution in [0.4, 0.5) is 0 Å². The molecule has 4 heteroatoms. The molecule has 2 N–H and O–H groups in total. The van der Waals surface area contributed by atoms with E-state index in [9.17, 15) is 0 Å². The third-order valence-corrected chi connectivity index (χ3v) is 3.68. The maximum absolute atomic E-state index is 5.35. The molecule has 0 radical (unpaired) electrons. The molecule has 0 aliphatic heterocycles. The molecule has 1 aliphatic rings. The zero-order valence-electron chi connectivity index (χ0n) is 8.77. The van der Waals surface area contributed by atoms with Gasteiger partial charge in [-0.2, -0.15) is 0 Å². The highest BCUT2D eigenvalue weighted by molar-refractivity contribution is 7.20. The lowest BCUT2D eigenvalue weighted by Gasteiger charge is -2.09. The van der Waals surface area contributed by atoms with Crippen LogP contribution in [0.2, 0.25) is 0 Å². The van der Waals surface area contributed by atoms with E-state index < -0.39 is 0 Å². The van der Waals surface area contributed by atoms with Crippen LogP contribution in [0, 0.1) is 0 Å². The van der Waals surface area contributed by atoms with E-state index in [0.29, 0.717) is 5.19 Å². The van der Waals surface area contributed by atoms with Crippen LogP contribution in [0.25, 0.3) is 16.3 Å². The minimum absolute atomic E-state index is 0.182. The van der Waals surface area contributed by atoms with Gasteiger partial charge in [-0.15, -0.1) is 0 Å². The average molecular weight is 232 g/mol. The monoisotopic (exact) mass is 232 g/mol. The van der Waals surface area contributed by atoms with Crippen LogP contribution in [0.15, 0.2) is 18.2 Å². The lowest BCUT2D eigenvalue weighted by atomic mass is 9.97. The standard InChI is InChI=1S/C12H12N2OS/c13-7-15-12-14-11-9-4-2-1-3-8(9)5-6-10(11)16-12/h1,3,5-6H,2,4,7,13H2. The largest absolute Gasteiger partial charge is 0.454 e. The number of allylic oxidation sites excluding steroid dienone is 1. The number of nitrogens with two attached hydrogens (primary N) is 1. The van der Waals surface area contributed by atoms with Gasteiger partial charge in [-0.25, -0.2) is 4.98 Å². The summed E-state index contributed by atoms with van der Waals surface area (Å²) in [5, 5.41) is 0.667. The minimum atomic E-state index is 0.182. The maximum atomic E-state index is 5.35. The molecule has 1 aliphatic carbocycles. The molecule has 0 spiro atoms. The lowest BCUT2D eigenvalue weighted by molar-refractivity contribution is 0.328. The number of hydrogen-bond acceptors (Lipinski definition) is 4. The number of aromatic nitrogens is 1. The number of hydrogen-bond donors (Lipinski definition) is 1. The molecule has 0 saturated carbocycles. The molecule has 1 heterocycles. The molecular formula is C12H12N2OS. The summed E-state index contributed by atoms with van der Waals surface area (Å²) < 4.78 is 6.43. The predicted octanol–water partition coefficient (Wildman–Crippen LogP) is 2.55. The highest BCUT2D eigenvalue weighted by Crippen LogP contribution is 2.33. The average Bonchev–Trinajstić information content (AvgIpc) is 2.72. The highest BCUT2D eigenvalue weighted by atomic mass is 32.1. The van der Waals surface area contributed by atoms with E-state index in [1.807, 2.05) is 0 Å². The molecule has 3 rings (SSSR count).